The molecule has 0 spiro atoms. The molecule has 0 radical (unpaired) electrons. The highest BCUT2D eigenvalue weighted by atomic mass is 19.3. The topological polar surface area (TPSA) is 54.9 Å². The molecule has 1 N–H and O–H groups in total. The fourth-order valence-electron chi connectivity index (χ4n) is 1.67. The molecule has 2 rings (SSSR count). The Morgan fingerprint density at radius 3 is 2.60 bits per heavy atom. The minimum atomic E-state index is -2.93. The first-order valence-electron chi connectivity index (χ1n) is 5.99. The minimum absolute atomic E-state index is 0.0286. The van der Waals surface area contributed by atoms with Crippen molar-refractivity contribution in [3.05, 3.63) is 47.8 Å². The Morgan fingerprint density at radius 1 is 1.30 bits per heavy atom. The van der Waals surface area contributed by atoms with Crippen molar-refractivity contribution in [3.8, 4) is 0 Å². The van der Waals surface area contributed by atoms with Crippen molar-refractivity contribution in [1.29, 1.82) is 0 Å². The number of hydrogen-bond acceptors (Lipinski definition) is 4. The van der Waals surface area contributed by atoms with Gasteiger partial charge in [0, 0.05) is 11.9 Å². The molecule has 0 unspecified atom stereocenters. The molecule has 0 bridgehead atoms. The number of halogens is 2. The summed E-state index contributed by atoms with van der Waals surface area (Å²) < 4.78 is 26.2. The van der Waals surface area contributed by atoms with Gasteiger partial charge in [-0.25, -0.2) is 18.7 Å². The number of nitrogens with one attached hydrogen (secondary N) is 1. The molecule has 0 aliphatic heterocycles. The maximum Gasteiger partial charge on any atom is 0.250 e. The number of nitrogens with zero attached hydrogens (tertiary/aromatic N) is 2. The summed E-state index contributed by atoms with van der Waals surface area (Å²) in [7, 11) is 0. The third kappa shape index (κ3) is 3.81. The average molecular weight is 277 g/mol. The predicted molar refractivity (Wildman–Crippen MR) is 71.5 cm³/mol. The molecule has 104 valence electrons. The van der Waals surface area contributed by atoms with Crippen molar-refractivity contribution in [3.63, 3.8) is 0 Å². The first-order chi connectivity index (χ1) is 9.48. The number of rotatable bonds is 5. The van der Waals surface area contributed by atoms with E-state index in [-0.39, 0.29) is 17.2 Å². The Morgan fingerprint density at radius 2 is 2.00 bits per heavy atom. The van der Waals surface area contributed by atoms with E-state index in [0.29, 0.717) is 6.29 Å². The molecule has 0 saturated carbocycles. The molecular formula is C14H13F2N3O. The second kappa shape index (κ2) is 5.73. The second-order valence-electron chi connectivity index (χ2n) is 4.45. The molecule has 1 aromatic heterocycles. The fraction of sp³-hybridized carbons (Fsp3) is 0.214. The number of carbonyl (C=O) groups excluding carboxylic acids is 1. The number of aldehydes is 1. The number of aromatic nitrogens is 2. The lowest BCUT2D eigenvalue weighted by Crippen LogP contribution is -2.17. The van der Waals surface area contributed by atoms with Crippen LogP contribution in [-0.2, 0) is 6.42 Å². The molecule has 0 atom stereocenters. The summed E-state index contributed by atoms with van der Waals surface area (Å²) in [5.74, 6) is -2.75. The highest BCUT2D eigenvalue weighted by Gasteiger charge is 2.24. The van der Waals surface area contributed by atoms with Crippen LogP contribution in [0, 0.1) is 0 Å². The van der Waals surface area contributed by atoms with Gasteiger partial charge in [0.15, 0.2) is 6.29 Å². The molecule has 1 aromatic carbocycles. The molecule has 0 aliphatic carbocycles. The van der Waals surface area contributed by atoms with Crippen LogP contribution in [0.2, 0.25) is 0 Å². The summed E-state index contributed by atoms with van der Waals surface area (Å²) in [6.07, 6.45) is 1.12. The summed E-state index contributed by atoms with van der Waals surface area (Å²) in [6, 6.07) is 9.09. The Kier molecular flexibility index (Phi) is 4.02. The third-order valence-corrected chi connectivity index (χ3v) is 2.53. The molecular weight excluding hydrogens is 264 g/mol. The van der Waals surface area contributed by atoms with E-state index in [1.54, 1.807) is 12.1 Å². The van der Waals surface area contributed by atoms with Crippen LogP contribution in [0.1, 0.15) is 23.0 Å². The van der Waals surface area contributed by atoms with Gasteiger partial charge in [-0.2, -0.15) is 0 Å². The van der Waals surface area contributed by atoms with E-state index in [4.69, 9.17) is 0 Å². The van der Waals surface area contributed by atoms with Crippen LogP contribution in [-0.4, -0.2) is 22.2 Å². The molecule has 2 aromatic rings. The van der Waals surface area contributed by atoms with E-state index in [0.717, 1.165) is 12.6 Å². The lowest BCUT2D eigenvalue weighted by molar-refractivity contribution is 0.0215. The molecule has 4 nitrogen and oxygen atoms in total. The van der Waals surface area contributed by atoms with Crippen LogP contribution >= 0.6 is 0 Å². The van der Waals surface area contributed by atoms with Crippen molar-refractivity contribution >= 4 is 17.9 Å². The SMILES string of the molecule is CC(F)(F)Cc1nc(Nc2ccccc2)ncc1C=O. The summed E-state index contributed by atoms with van der Waals surface area (Å²) >= 11 is 0. The lowest BCUT2D eigenvalue weighted by atomic mass is 10.1. The monoisotopic (exact) mass is 277 g/mol. The highest BCUT2D eigenvalue weighted by molar-refractivity contribution is 5.76. The van der Waals surface area contributed by atoms with Gasteiger partial charge in [-0.05, 0) is 19.1 Å². The van der Waals surface area contributed by atoms with Crippen molar-refractivity contribution < 1.29 is 13.6 Å². The van der Waals surface area contributed by atoms with Gasteiger partial charge in [0.1, 0.15) is 0 Å². The van der Waals surface area contributed by atoms with Gasteiger partial charge in [-0.1, -0.05) is 18.2 Å². The minimum Gasteiger partial charge on any atom is -0.324 e. The Hall–Kier alpha value is -2.37. The van der Waals surface area contributed by atoms with E-state index in [1.165, 1.54) is 6.20 Å². The van der Waals surface area contributed by atoms with E-state index >= 15 is 0 Å². The number of carbonyl (C=O) groups is 1. The average Bonchev–Trinajstić information content (AvgIpc) is 2.38. The summed E-state index contributed by atoms with van der Waals surface area (Å²) in [6.45, 7) is 0.786. The molecule has 0 aliphatic rings. The summed E-state index contributed by atoms with van der Waals surface area (Å²) in [4.78, 5) is 18.8. The summed E-state index contributed by atoms with van der Waals surface area (Å²) in [5.41, 5.74) is 0.839. The molecule has 0 fully saturated rings. The van der Waals surface area contributed by atoms with Crippen molar-refractivity contribution in [2.45, 2.75) is 19.3 Å². The Bertz CT molecular complexity index is 597. The second-order valence-corrected chi connectivity index (χ2v) is 4.45. The highest BCUT2D eigenvalue weighted by Crippen LogP contribution is 2.21. The largest absolute Gasteiger partial charge is 0.324 e. The standard InChI is InChI=1S/C14H13F2N3O/c1-14(15,16)7-12-10(9-20)8-17-13(19-12)18-11-5-3-2-4-6-11/h2-6,8-9H,7H2,1H3,(H,17,18,19). The number of benzene rings is 1. The van der Waals surface area contributed by atoms with Gasteiger partial charge in [0.25, 0.3) is 5.92 Å². The first-order valence-corrected chi connectivity index (χ1v) is 5.99. The fourth-order valence-corrected chi connectivity index (χ4v) is 1.67. The summed E-state index contributed by atoms with van der Waals surface area (Å²) in [5, 5.41) is 2.90. The van der Waals surface area contributed by atoms with Crippen LogP contribution in [0.3, 0.4) is 0 Å². The maximum absolute atomic E-state index is 13.1. The zero-order valence-corrected chi connectivity index (χ0v) is 10.8. The number of para-hydroxylation sites is 1. The van der Waals surface area contributed by atoms with Gasteiger partial charge in [0.2, 0.25) is 5.95 Å². The molecule has 6 heteroatoms. The van der Waals surface area contributed by atoms with Crippen molar-refractivity contribution in [2.75, 3.05) is 5.32 Å². The van der Waals surface area contributed by atoms with Gasteiger partial charge in [-0.3, -0.25) is 4.79 Å². The van der Waals surface area contributed by atoms with Crippen molar-refractivity contribution in [2.24, 2.45) is 0 Å². The zero-order valence-electron chi connectivity index (χ0n) is 10.8. The third-order valence-electron chi connectivity index (χ3n) is 2.53. The predicted octanol–water partition coefficient (Wildman–Crippen LogP) is 3.23. The lowest BCUT2D eigenvalue weighted by Gasteiger charge is -2.12. The normalized spacial score (nSPS) is 11.2. The first kappa shape index (κ1) is 14.0. The van der Waals surface area contributed by atoms with Crippen LogP contribution in [0.5, 0.6) is 0 Å². The van der Waals surface area contributed by atoms with Crippen LogP contribution in [0.15, 0.2) is 36.5 Å². The zero-order chi connectivity index (χ0) is 14.6. The van der Waals surface area contributed by atoms with Crippen LogP contribution < -0.4 is 5.32 Å². The van der Waals surface area contributed by atoms with E-state index < -0.39 is 12.3 Å². The molecule has 0 amide bonds. The van der Waals surface area contributed by atoms with E-state index in [2.05, 4.69) is 15.3 Å². The maximum atomic E-state index is 13.1. The van der Waals surface area contributed by atoms with Crippen molar-refractivity contribution in [1.82, 2.24) is 9.97 Å². The smallest absolute Gasteiger partial charge is 0.250 e. The number of anilines is 2. The Labute approximate surface area is 114 Å². The Balaban J connectivity index is 2.27. The molecule has 20 heavy (non-hydrogen) atoms. The van der Waals surface area contributed by atoms with Crippen LogP contribution in [0.25, 0.3) is 0 Å². The van der Waals surface area contributed by atoms with Gasteiger partial charge in [-0.15, -0.1) is 0 Å². The van der Waals surface area contributed by atoms with Gasteiger partial charge >= 0.3 is 0 Å². The quantitative estimate of drug-likeness (QED) is 0.852. The molecule has 1 heterocycles. The molecule has 0 saturated heterocycles. The number of hydrogen-bond donors (Lipinski definition) is 1. The van der Waals surface area contributed by atoms with E-state index in [9.17, 15) is 13.6 Å². The van der Waals surface area contributed by atoms with Gasteiger partial charge in [0.05, 0.1) is 17.7 Å². The van der Waals surface area contributed by atoms with Gasteiger partial charge < -0.3 is 5.32 Å². The van der Waals surface area contributed by atoms with E-state index in [1.807, 2.05) is 18.2 Å². The number of alkyl halides is 2. The van der Waals surface area contributed by atoms with Crippen LogP contribution in [0.4, 0.5) is 20.4 Å².